The number of nitrogens with one attached hydrogen (secondary N) is 1. The Morgan fingerprint density at radius 3 is 2.46 bits per heavy atom. The standard InChI is InChI=1S/C18H15ClN2O3/c1-11-15(10-13-4-2-3-5-16(13)19)17(22)21(20-11)14-8-6-12(7-9-14)18(23)24/h2-9,20H,10H2,1H3,(H,23,24). The lowest BCUT2D eigenvalue weighted by Gasteiger charge is -2.02. The molecule has 0 atom stereocenters. The first kappa shape index (κ1) is 16.1. The number of aromatic carboxylic acids is 1. The number of aromatic nitrogens is 2. The number of hydrogen-bond donors (Lipinski definition) is 2. The number of aryl methyl sites for hydroxylation is 1. The van der Waals surface area contributed by atoms with Gasteiger partial charge in [0.1, 0.15) is 0 Å². The van der Waals surface area contributed by atoms with E-state index in [1.54, 1.807) is 18.2 Å². The maximum atomic E-state index is 12.7. The molecule has 0 saturated heterocycles. The van der Waals surface area contributed by atoms with E-state index in [1.807, 2.05) is 25.1 Å². The van der Waals surface area contributed by atoms with Gasteiger partial charge >= 0.3 is 5.97 Å². The van der Waals surface area contributed by atoms with Gasteiger partial charge in [0.2, 0.25) is 0 Å². The van der Waals surface area contributed by atoms with Crippen LogP contribution in [0, 0.1) is 6.92 Å². The molecular formula is C18H15ClN2O3. The van der Waals surface area contributed by atoms with Gasteiger partial charge in [0.05, 0.1) is 11.3 Å². The zero-order valence-corrected chi connectivity index (χ0v) is 13.7. The molecule has 122 valence electrons. The summed E-state index contributed by atoms with van der Waals surface area (Å²) in [6.45, 7) is 1.83. The van der Waals surface area contributed by atoms with Crippen molar-refractivity contribution in [2.75, 3.05) is 0 Å². The van der Waals surface area contributed by atoms with Crippen LogP contribution in [0.4, 0.5) is 0 Å². The van der Waals surface area contributed by atoms with E-state index < -0.39 is 5.97 Å². The molecule has 0 fully saturated rings. The number of nitrogens with zero attached hydrogens (tertiary/aromatic N) is 1. The molecular weight excluding hydrogens is 328 g/mol. The van der Waals surface area contributed by atoms with Crippen molar-refractivity contribution in [3.8, 4) is 5.69 Å². The van der Waals surface area contributed by atoms with Gasteiger partial charge in [-0.2, -0.15) is 0 Å². The van der Waals surface area contributed by atoms with Crippen molar-refractivity contribution in [3.05, 3.63) is 86.3 Å². The van der Waals surface area contributed by atoms with Crippen molar-refractivity contribution in [2.24, 2.45) is 0 Å². The Bertz CT molecular complexity index is 955. The van der Waals surface area contributed by atoms with Gasteiger partial charge in [-0.05, 0) is 42.8 Å². The summed E-state index contributed by atoms with van der Waals surface area (Å²) in [6.07, 6.45) is 0.432. The van der Waals surface area contributed by atoms with E-state index in [0.29, 0.717) is 22.7 Å². The van der Waals surface area contributed by atoms with Crippen LogP contribution in [0.2, 0.25) is 5.02 Å². The van der Waals surface area contributed by atoms with Crippen LogP contribution >= 0.6 is 11.6 Å². The number of hydrogen-bond acceptors (Lipinski definition) is 2. The van der Waals surface area contributed by atoms with Gasteiger partial charge in [0, 0.05) is 22.7 Å². The zero-order chi connectivity index (χ0) is 17.3. The summed E-state index contributed by atoms with van der Waals surface area (Å²) >= 11 is 6.18. The molecule has 6 heteroatoms. The normalized spacial score (nSPS) is 10.8. The largest absolute Gasteiger partial charge is 0.478 e. The molecule has 0 aliphatic heterocycles. The van der Waals surface area contributed by atoms with E-state index in [0.717, 1.165) is 11.3 Å². The monoisotopic (exact) mass is 342 g/mol. The quantitative estimate of drug-likeness (QED) is 0.763. The van der Waals surface area contributed by atoms with Crippen molar-refractivity contribution in [3.63, 3.8) is 0 Å². The lowest BCUT2D eigenvalue weighted by molar-refractivity contribution is 0.0697. The highest BCUT2D eigenvalue weighted by Gasteiger charge is 2.14. The topological polar surface area (TPSA) is 75.1 Å². The van der Waals surface area contributed by atoms with E-state index in [9.17, 15) is 9.59 Å². The minimum atomic E-state index is -1.00. The SMILES string of the molecule is Cc1[nH]n(-c2ccc(C(=O)O)cc2)c(=O)c1Cc1ccccc1Cl. The van der Waals surface area contributed by atoms with E-state index in [1.165, 1.54) is 16.8 Å². The van der Waals surface area contributed by atoms with Crippen molar-refractivity contribution < 1.29 is 9.90 Å². The van der Waals surface area contributed by atoms with Gasteiger partial charge in [-0.15, -0.1) is 0 Å². The van der Waals surface area contributed by atoms with Crippen molar-refractivity contribution in [1.29, 1.82) is 0 Å². The maximum Gasteiger partial charge on any atom is 0.335 e. The third kappa shape index (κ3) is 2.98. The molecule has 3 aromatic rings. The second-order valence-corrected chi connectivity index (χ2v) is 5.88. The molecule has 3 rings (SSSR count). The minimum absolute atomic E-state index is 0.171. The lowest BCUT2D eigenvalue weighted by atomic mass is 10.1. The third-order valence-electron chi connectivity index (χ3n) is 3.89. The summed E-state index contributed by atoms with van der Waals surface area (Å²) in [5, 5.41) is 12.6. The molecule has 2 N–H and O–H groups in total. The Hall–Kier alpha value is -2.79. The van der Waals surface area contributed by atoms with Gasteiger partial charge in [-0.25, -0.2) is 9.48 Å². The number of rotatable bonds is 4. The molecule has 0 radical (unpaired) electrons. The molecule has 5 nitrogen and oxygen atoms in total. The Morgan fingerprint density at radius 2 is 1.83 bits per heavy atom. The number of carbonyl (C=O) groups is 1. The lowest BCUT2D eigenvalue weighted by Crippen LogP contribution is -2.17. The summed E-state index contributed by atoms with van der Waals surface area (Å²) in [5.74, 6) is -1.00. The fraction of sp³-hybridized carbons (Fsp3) is 0.111. The summed E-state index contributed by atoms with van der Waals surface area (Å²) in [6, 6.07) is 13.5. The molecule has 24 heavy (non-hydrogen) atoms. The van der Waals surface area contributed by atoms with Gasteiger partial charge in [0.15, 0.2) is 0 Å². The number of carboxylic acids is 1. The van der Waals surface area contributed by atoms with Crippen LogP contribution in [-0.4, -0.2) is 20.9 Å². The fourth-order valence-corrected chi connectivity index (χ4v) is 2.76. The van der Waals surface area contributed by atoms with Crippen LogP contribution in [0.1, 0.15) is 27.2 Å². The van der Waals surface area contributed by atoms with E-state index in [2.05, 4.69) is 5.10 Å². The van der Waals surface area contributed by atoms with Crippen LogP contribution in [0.3, 0.4) is 0 Å². The van der Waals surface area contributed by atoms with Crippen molar-refractivity contribution in [2.45, 2.75) is 13.3 Å². The molecule has 1 heterocycles. The first-order chi connectivity index (χ1) is 11.5. The van der Waals surface area contributed by atoms with Gasteiger partial charge in [-0.3, -0.25) is 9.89 Å². The first-order valence-corrected chi connectivity index (χ1v) is 7.73. The summed E-state index contributed by atoms with van der Waals surface area (Å²) in [7, 11) is 0. The van der Waals surface area contributed by atoms with E-state index >= 15 is 0 Å². The second-order valence-electron chi connectivity index (χ2n) is 5.48. The molecule has 2 aromatic carbocycles. The average Bonchev–Trinajstić information content (AvgIpc) is 2.85. The number of carboxylic acid groups (broad SMARTS) is 1. The van der Waals surface area contributed by atoms with Gasteiger partial charge in [0.25, 0.3) is 5.56 Å². The minimum Gasteiger partial charge on any atom is -0.478 e. The second kappa shape index (κ2) is 6.37. The molecule has 0 unspecified atom stereocenters. The molecule has 0 saturated carbocycles. The van der Waals surface area contributed by atoms with Gasteiger partial charge < -0.3 is 5.11 Å². The molecule has 0 amide bonds. The average molecular weight is 343 g/mol. The van der Waals surface area contributed by atoms with E-state index in [4.69, 9.17) is 16.7 Å². The summed E-state index contributed by atoms with van der Waals surface area (Å²) < 4.78 is 1.41. The smallest absolute Gasteiger partial charge is 0.335 e. The highest BCUT2D eigenvalue weighted by atomic mass is 35.5. The number of halogens is 1. The molecule has 0 aliphatic rings. The molecule has 0 bridgehead atoms. The van der Waals surface area contributed by atoms with E-state index in [-0.39, 0.29) is 11.1 Å². The van der Waals surface area contributed by atoms with Crippen LogP contribution in [0.5, 0.6) is 0 Å². The van der Waals surface area contributed by atoms with Crippen LogP contribution in [-0.2, 0) is 6.42 Å². The Balaban J connectivity index is 1.99. The Morgan fingerprint density at radius 1 is 1.17 bits per heavy atom. The van der Waals surface area contributed by atoms with Crippen LogP contribution in [0.15, 0.2) is 53.3 Å². The Kier molecular flexibility index (Phi) is 4.27. The molecule has 0 aliphatic carbocycles. The zero-order valence-electron chi connectivity index (χ0n) is 12.9. The highest BCUT2D eigenvalue weighted by Crippen LogP contribution is 2.19. The summed E-state index contributed by atoms with van der Waals surface area (Å²) in [4.78, 5) is 23.6. The molecule has 0 spiro atoms. The highest BCUT2D eigenvalue weighted by molar-refractivity contribution is 6.31. The first-order valence-electron chi connectivity index (χ1n) is 7.35. The van der Waals surface area contributed by atoms with Crippen LogP contribution < -0.4 is 5.56 Å². The fourth-order valence-electron chi connectivity index (χ4n) is 2.56. The number of aromatic amines is 1. The van der Waals surface area contributed by atoms with Crippen molar-refractivity contribution >= 4 is 17.6 Å². The maximum absolute atomic E-state index is 12.7. The summed E-state index contributed by atoms with van der Waals surface area (Å²) in [5.41, 5.74) is 2.85. The number of H-pyrrole nitrogens is 1. The molecule has 1 aromatic heterocycles. The third-order valence-corrected chi connectivity index (χ3v) is 4.26. The van der Waals surface area contributed by atoms with Crippen LogP contribution in [0.25, 0.3) is 5.69 Å². The van der Waals surface area contributed by atoms with Crippen molar-refractivity contribution in [1.82, 2.24) is 9.78 Å². The predicted molar refractivity (Wildman–Crippen MR) is 92.3 cm³/mol. The Labute approximate surface area is 143 Å². The van der Waals surface area contributed by atoms with Gasteiger partial charge in [-0.1, -0.05) is 29.8 Å². The number of benzene rings is 2. The predicted octanol–water partition coefficient (Wildman–Crippen LogP) is 3.42.